The SMILES string of the molecule is COc1ccc(CNC(=O)c2c(N)cnn2C)cc1OC. The Bertz CT molecular complexity index is 632. The zero-order valence-electron chi connectivity index (χ0n) is 12.2. The average molecular weight is 290 g/mol. The Hall–Kier alpha value is -2.70. The van der Waals surface area contributed by atoms with E-state index in [0.717, 1.165) is 5.56 Å². The normalized spacial score (nSPS) is 10.2. The van der Waals surface area contributed by atoms with Gasteiger partial charge in [0.05, 0.1) is 26.1 Å². The molecule has 1 amide bonds. The molecule has 0 aliphatic rings. The number of aromatic nitrogens is 2. The molecule has 0 fully saturated rings. The van der Waals surface area contributed by atoms with Crippen molar-refractivity contribution in [1.29, 1.82) is 0 Å². The first-order valence-corrected chi connectivity index (χ1v) is 6.33. The highest BCUT2D eigenvalue weighted by Gasteiger charge is 2.14. The lowest BCUT2D eigenvalue weighted by atomic mass is 10.2. The maximum Gasteiger partial charge on any atom is 0.271 e. The van der Waals surface area contributed by atoms with Gasteiger partial charge in [-0.3, -0.25) is 9.48 Å². The van der Waals surface area contributed by atoms with Crippen LogP contribution < -0.4 is 20.5 Å². The lowest BCUT2D eigenvalue weighted by Gasteiger charge is -2.10. The number of nitrogens with two attached hydrogens (primary N) is 1. The van der Waals surface area contributed by atoms with Crippen molar-refractivity contribution < 1.29 is 14.3 Å². The van der Waals surface area contributed by atoms with E-state index in [1.807, 2.05) is 12.1 Å². The Labute approximate surface area is 122 Å². The molecule has 0 spiro atoms. The van der Waals surface area contributed by atoms with Gasteiger partial charge in [0.1, 0.15) is 5.69 Å². The predicted molar refractivity (Wildman–Crippen MR) is 78.3 cm³/mol. The number of methoxy groups -OCH3 is 2. The van der Waals surface area contributed by atoms with Gasteiger partial charge in [-0.15, -0.1) is 0 Å². The number of anilines is 1. The molecule has 112 valence electrons. The molecular formula is C14H18N4O3. The van der Waals surface area contributed by atoms with E-state index >= 15 is 0 Å². The van der Waals surface area contributed by atoms with Crippen molar-refractivity contribution >= 4 is 11.6 Å². The topological polar surface area (TPSA) is 91.4 Å². The van der Waals surface area contributed by atoms with E-state index in [4.69, 9.17) is 15.2 Å². The van der Waals surface area contributed by atoms with Crippen LogP contribution in [0.2, 0.25) is 0 Å². The van der Waals surface area contributed by atoms with Crippen LogP contribution in [0.4, 0.5) is 5.69 Å². The molecule has 0 radical (unpaired) electrons. The van der Waals surface area contributed by atoms with E-state index in [0.29, 0.717) is 29.4 Å². The van der Waals surface area contributed by atoms with Crippen LogP contribution in [0, 0.1) is 0 Å². The molecule has 3 N–H and O–H groups in total. The van der Waals surface area contributed by atoms with Gasteiger partial charge in [0, 0.05) is 13.6 Å². The molecule has 1 heterocycles. The molecule has 0 saturated heterocycles. The van der Waals surface area contributed by atoms with Crippen LogP contribution in [0.5, 0.6) is 11.5 Å². The number of hydrogen-bond acceptors (Lipinski definition) is 5. The maximum atomic E-state index is 12.1. The highest BCUT2D eigenvalue weighted by molar-refractivity contribution is 5.97. The highest BCUT2D eigenvalue weighted by Crippen LogP contribution is 2.27. The van der Waals surface area contributed by atoms with Crippen LogP contribution in [0.25, 0.3) is 0 Å². The summed E-state index contributed by atoms with van der Waals surface area (Å²) in [5, 5.41) is 6.73. The molecule has 1 aromatic heterocycles. The average Bonchev–Trinajstić information content (AvgIpc) is 2.83. The molecule has 0 saturated carbocycles. The molecule has 0 bridgehead atoms. The molecule has 1 aromatic carbocycles. The van der Waals surface area contributed by atoms with Crippen molar-refractivity contribution in [3.63, 3.8) is 0 Å². The summed E-state index contributed by atoms with van der Waals surface area (Å²) in [6.45, 7) is 0.351. The second-order valence-corrected chi connectivity index (χ2v) is 4.44. The molecule has 7 heteroatoms. The van der Waals surface area contributed by atoms with Gasteiger partial charge in [-0.2, -0.15) is 5.10 Å². The largest absolute Gasteiger partial charge is 0.493 e. The maximum absolute atomic E-state index is 12.1. The molecular weight excluding hydrogens is 272 g/mol. The van der Waals surface area contributed by atoms with E-state index in [9.17, 15) is 4.79 Å². The molecule has 21 heavy (non-hydrogen) atoms. The molecule has 0 unspecified atom stereocenters. The minimum atomic E-state index is -0.276. The molecule has 0 atom stereocenters. The van der Waals surface area contributed by atoms with Gasteiger partial charge in [-0.1, -0.05) is 6.07 Å². The van der Waals surface area contributed by atoms with E-state index in [2.05, 4.69) is 10.4 Å². The van der Waals surface area contributed by atoms with Crippen molar-refractivity contribution in [2.45, 2.75) is 6.54 Å². The summed E-state index contributed by atoms with van der Waals surface area (Å²) in [4.78, 5) is 12.1. The highest BCUT2D eigenvalue weighted by atomic mass is 16.5. The first-order chi connectivity index (χ1) is 10.1. The Balaban J connectivity index is 2.08. The second-order valence-electron chi connectivity index (χ2n) is 4.44. The van der Waals surface area contributed by atoms with Crippen LogP contribution in [-0.4, -0.2) is 29.9 Å². The smallest absolute Gasteiger partial charge is 0.271 e. The number of nitrogens with zero attached hydrogens (tertiary/aromatic N) is 2. The number of aryl methyl sites for hydroxylation is 1. The van der Waals surface area contributed by atoms with E-state index in [1.54, 1.807) is 27.3 Å². The van der Waals surface area contributed by atoms with E-state index < -0.39 is 0 Å². The third kappa shape index (κ3) is 3.07. The Morgan fingerprint density at radius 2 is 2.05 bits per heavy atom. The van der Waals surface area contributed by atoms with Crippen LogP contribution >= 0.6 is 0 Å². The standard InChI is InChI=1S/C14H18N4O3/c1-18-13(10(15)8-17-18)14(19)16-7-9-4-5-11(20-2)12(6-9)21-3/h4-6,8H,7,15H2,1-3H3,(H,16,19). The first kappa shape index (κ1) is 14.7. The van der Waals surface area contributed by atoms with Crippen molar-refractivity contribution in [2.75, 3.05) is 20.0 Å². The number of amides is 1. The van der Waals surface area contributed by atoms with Gasteiger partial charge in [-0.05, 0) is 17.7 Å². The Kier molecular flexibility index (Phi) is 4.32. The Morgan fingerprint density at radius 3 is 2.62 bits per heavy atom. The molecule has 7 nitrogen and oxygen atoms in total. The summed E-state index contributed by atoms with van der Waals surface area (Å²) in [6, 6.07) is 5.46. The first-order valence-electron chi connectivity index (χ1n) is 6.33. The lowest BCUT2D eigenvalue weighted by Crippen LogP contribution is -2.26. The minimum absolute atomic E-state index is 0.276. The van der Waals surface area contributed by atoms with Gasteiger partial charge in [0.15, 0.2) is 11.5 Å². The molecule has 0 aliphatic heterocycles. The van der Waals surface area contributed by atoms with Crippen LogP contribution in [0.15, 0.2) is 24.4 Å². The van der Waals surface area contributed by atoms with Gasteiger partial charge >= 0.3 is 0 Å². The van der Waals surface area contributed by atoms with E-state index in [1.165, 1.54) is 10.9 Å². The zero-order chi connectivity index (χ0) is 15.4. The summed E-state index contributed by atoms with van der Waals surface area (Å²) in [6.07, 6.45) is 1.45. The summed E-state index contributed by atoms with van der Waals surface area (Å²) >= 11 is 0. The van der Waals surface area contributed by atoms with Crippen molar-refractivity contribution in [3.05, 3.63) is 35.7 Å². The number of benzene rings is 1. The van der Waals surface area contributed by atoms with Gasteiger partial charge in [0.25, 0.3) is 5.91 Å². The summed E-state index contributed by atoms with van der Waals surface area (Å²) in [7, 11) is 4.81. The van der Waals surface area contributed by atoms with Gasteiger partial charge in [0.2, 0.25) is 0 Å². The number of nitrogen functional groups attached to an aromatic ring is 1. The van der Waals surface area contributed by atoms with E-state index in [-0.39, 0.29) is 5.91 Å². The summed E-state index contributed by atoms with van der Waals surface area (Å²) in [5.41, 5.74) is 7.30. The quantitative estimate of drug-likeness (QED) is 0.855. The minimum Gasteiger partial charge on any atom is -0.493 e. The number of nitrogens with one attached hydrogen (secondary N) is 1. The van der Waals surface area contributed by atoms with Crippen LogP contribution in [-0.2, 0) is 13.6 Å². The van der Waals surface area contributed by atoms with Gasteiger partial charge in [-0.25, -0.2) is 0 Å². The predicted octanol–water partition coefficient (Wildman–Crippen LogP) is 0.949. The fourth-order valence-electron chi connectivity index (χ4n) is 1.99. The van der Waals surface area contributed by atoms with Crippen LogP contribution in [0.3, 0.4) is 0 Å². The van der Waals surface area contributed by atoms with Crippen molar-refractivity contribution in [1.82, 2.24) is 15.1 Å². The number of hydrogen-bond donors (Lipinski definition) is 2. The monoisotopic (exact) mass is 290 g/mol. The zero-order valence-corrected chi connectivity index (χ0v) is 12.2. The number of carbonyl (C=O) groups excluding carboxylic acids is 1. The molecule has 2 aromatic rings. The molecule has 2 rings (SSSR count). The number of rotatable bonds is 5. The van der Waals surface area contributed by atoms with Crippen molar-refractivity contribution in [2.24, 2.45) is 7.05 Å². The summed E-state index contributed by atoms with van der Waals surface area (Å²) < 4.78 is 11.8. The van der Waals surface area contributed by atoms with Crippen molar-refractivity contribution in [3.8, 4) is 11.5 Å². The third-order valence-electron chi connectivity index (χ3n) is 3.08. The molecule has 0 aliphatic carbocycles. The second kappa shape index (κ2) is 6.17. The third-order valence-corrected chi connectivity index (χ3v) is 3.08. The lowest BCUT2D eigenvalue weighted by molar-refractivity contribution is 0.0942. The van der Waals surface area contributed by atoms with Crippen LogP contribution in [0.1, 0.15) is 16.1 Å². The number of carbonyl (C=O) groups is 1. The number of ether oxygens (including phenoxy) is 2. The Morgan fingerprint density at radius 1 is 1.33 bits per heavy atom. The fraction of sp³-hybridized carbons (Fsp3) is 0.286. The van der Waals surface area contributed by atoms with Gasteiger partial charge < -0.3 is 20.5 Å². The summed E-state index contributed by atoms with van der Waals surface area (Å²) in [5.74, 6) is 0.982. The fourth-order valence-corrected chi connectivity index (χ4v) is 1.99.